The van der Waals surface area contributed by atoms with E-state index in [0.717, 1.165) is 0 Å². The quantitative estimate of drug-likeness (QED) is 0.551. The highest BCUT2D eigenvalue weighted by Gasteiger charge is 2.36. The molecule has 0 heterocycles. The van der Waals surface area contributed by atoms with Gasteiger partial charge in [-0.05, 0) is 0 Å². The predicted octanol–water partition coefficient (Wildman–Crippen LogP) is 4.06. The van der Waals surface area contributed by atoms with Crippen LogP contribution in [0.2, 0.25) is 0 Å². The molecule has 0 atom stereocenters. The van der Waals surface area contributed by atoms with E-state index in [1.165, 1.54) is 0 Å². The number of hydrogen-bond donors (Lipinski definition) is 1. The van der Waals surface area contributed by atoms with Crippen LogP contribution in [0.1, 0.15) is 5.56 Å². The maximum atomic E-state index is 12.3. The smallest absolute Gasteiger partial charge is 0.166 e. The van der Waals surface area contributed by atoms with E-state index >= 15 is 0 Å². The molecule has 7 heteroatoms. The van der Waals surface area contributed by atoms with Crippen molar-refractivity contribution in [3.05, 3.63) is 19.1 Å². The van der Waals surface area contributed by atoms with Crippen LogP contribution in [0, 0.1) is 13.5 Å². The number of alkyl halides is 3. The molecule has 1 aromatic carbocycles. The lowest BCUT2D eigenvalue weighted by molar-refractivity contribution is -0.139. The summed E-state index contributed by atoms with van der Waals surface area (Å²) in [7, 11) is 0. The molecule has 0 spiro atoms. The Morgan fingerprint density at radius 2 is 1.38 bits per heavy atom. The lowest BCUT2D eigenvalue weighted by atomic mass is 10.3. The molecule has 0 N–H and O–H groups in total. The van der Waals surface area contributed by atoms with Crippen LogP contribution in [0.15, 0.2) is 4.90 Å². The van der Waals surface area contributed by atoms with Crippen LogP contribution in [0.5, 0.6) is 0 Å². The first-order valence-electron chi connectivity index (χ1n) is 2.90. The molecule has 0 bridgehead atoms. The van der Waals surface area contributed by atoms with Gasteiger partial charge in [-0.1, -0.05) is 36.7 Å². The summed E-state index contributed by atoms with van der Waals surface area (Å²) in [4.78, 5) is -0.336. The summed E-state index contributed by atoms with van der Waals surface area (Å²) in [6.45, 7) is 0. The van der Waals surface area contributed by atoms with E-state index in [1.54, 1.807) is 0 Å². The van der Waals surface area contributed by atoms with Gasteiger partial charge in [-0.25, -0.2) is 0 Å². The van der Waals surface area contributed by atoms with Crippen LogP contribution < -0.4 is 0 Å². The van der Waals surface area contributed by atoms with Crippen molar-refractivity contribution in [1.82, 2.24) is 0 Å². The fourth-order valence-corrected chi connectivity index (χ4v) is 2.10. The first-order chi connectivity index (χ1) is 5.76. The molecule has 0 fully saturated rings. The Labute approximate surface area is 92.5 Å². The highest BCUT2D eigenvalue weighted by Crippen LogP contribution is 2.37. The Bertz CT molecular complexity index is 478. The van der Waals surface area contributed by atoms with Crippen LogP contribution in [-0.4, -0.2) is 0 Å². The number of thiol groups is 1. The van der Waals surface area contributed by atoms with Crippen molar-refractivity contribution in [2.45, 2.75) is 11.1 Å². The standard InChI is InChI=1S/C6HF3S4/c7-6(8,9)1-2(10)4(12)5(13)3(1)11/h10H. The van der Waals surface area contributed by atoms with Gasteiger partial charge in [-0.15, -0.1) is 12.6 Å². The molecule has 0 aliphatic carbocycles. The minimum atomic E-state index is -4.53. The average Bonchev–Trinajstić information content (AvgIpc) is 2.14. The summed E-state index contributed by atoms with van der Waals surface area (Å²) in [6.07, 6.45) is -4.53. The maximum absolute atomic E-state index is 12.3. The SMILES string of the molecule is FC(F)(F)c1c(S)c(=S)c(=S)c1=S. The second-order valence-corrected chi connectivity index (χ2v) is 3.88. The van der Waals surface area contributed by atoms with Crippen molar-refractivity contribution in [1.29, 1.82) is 0 Å². The van der Waals surface area contributed by atoms with Gasteiger partial charge in [-0.3, -0.25) is 0 Å². The summed E-state index contributed by atoms with van der Waals surface area (Å²) < 4.78 is 36.3. The van der Waals surface area contributed by atoms with E-state index < -0.39 is 16.2 Å². The zero-order valence-electron chi connectivity index (χ0n) is 5.81. The third-order valence-corrected chi connectivity index (χ3v) is 3.46. The molecule has 70 valence electrons. The molecule has 0 aromatic heterocycles. The molecular formula is C6HF3S4. The van der Waals surface area contributed by atoms with E-state index in [0.29, 0.717) is 0 Å². The zero-order chi connectivity index (χ0) is 10.4. The van der Waals surface area contributed by atoms with Gasteiger partial charge < -0.3 is 0 Å². The van der Waals surface area contributed by atoms with Crippen molar-refractivity contribution < 1.29 is 13.2 Å². The third kappa shape index (κ3) is 1.83. The van der Waals surface area contributed by atoms with Crippen LogP contribution in [0.4, 0.5) is 13.2 Å². The summed E-state index contributed by atoms with van der Waals surface area (Å²) in [6, 6.07) is 0. The summed E-state index contributed by atoms with van der Waals surface area (Å²) in [5.41, 5.74) is -0.985. The van der Waals surface area contributed by atoms with E-state index in [2.05, 4.69) is 49.3 Å². The second-order valence-electron chi connectivity index (χ2n) is 2.21. The Kier molecular flexibility index (Phi) is 2.92. The lowest BCUT2D eigenvalue weighted by Crippen LogP contribution is -2.04. The van der Waals surface area contributed by atoms with Gasteiger partial charge in [-0.2, -0.15) is 13.2 Å². The number of hydrogen-bond acceptors (Lipinski definition) is 4. The van der Waals surface area contributed by atoms with E-state index in [1.807, 2.05) is 0 Å². The highest BCUT2D eigenvalue weighted by molar-refractivity contribution is 7.81. The maximum Gasteiger partial charge on any atom is 0.418 e. The van der Waals surface area contributed by atoms with Crippen molar-refractivity contribution in [3.8, 4) is 0 Å². The van der Waals surface area contributed by atoms with Crippen LogP contribution in [0.3, 0.4) is 0 Å². The van der Waals surface area contributed by atoms with Crippen LogP contribution >= 0.6 is 49.3 Å². The van der Waals surface area contributed by atoms with E-state index in [9.17, 15) is 13.2 Å². The average molecular weight is 258 g/mol. The van der Waals surface area contributed by atoms with Crippen LogP contribution in [-0.2, 0) is 6.18 Å². The van der Waals surface area contributed by atoms with Gasteiger partial charge in [0.05, 0.1) is 19.1 Å². The number of rotatable bonds is 0. The largest absolute Gasteiger partial charge is 0.418 e. The van der Waals surface area contributed by atoms with Crippen molar-refractivity contribution in [3.63, 3.8) is 0 Å². The molecule has 0 saturated carbocycles. The minimum Gasteiger partial charge on any atom is -0.166 e. The molecule has 0 unspecified atom stereocenters. The highest BCUT2D eigenvalue weighted by atomic mass is 32.1. The van der Waals surface area contributed by atoms with Gasteiger partial charge >= 0.3 is 6.18 Å². The normalized spacial score (nSPS) is 12.0. The Balaban J connectivity index is 3.78. The van der Waals surface area contributed by atoms with Gasteiger partial charge in [0, 0.05) is 4.90 Å². The first kappa shape index (κ1) is 11.2. The monoisotopic (exact) mass is 258 g/mol. The Morgan fingerprint density at radius 3 is 1.54 bits per heavy atom. The predicted molar refractivity (Wildman–Crippen MR) is 53.6 cm³/mol. The van der Waals surface area contributed by atoms with Crippen LogP contribution in [0.25, 0.3) is 0 Å². The van der Waals surface area contributed by atoms with E-state index in [4.69, 9.17) is 0 Å². The lowest BCUT2D eigenvalue weighted by Gasteiger charge is -2.03. The van der Waals surface area contributed by atoms with Gasteiger partial charge in [0.1, 0.15) is 0 Å². The third-order valence-electron chi connectivity index (χ3n) is 1.37. The van der Waals surface area contributed by atoms with Crippen molar-refractivity contribution in [2.75, 3.05) is 0 Å². The van der Waals surface area contributed by atoms with Gasteiger partial charge in [0.2, 0.25) is 0 Å². The molecule has 0 nitrogen and oxygen atoms in total. The fourth-order valence-electron chi connectivity index (χ4n) is 0.808. The van der Waals surface area contributed by atoms with Crippen molar-refractivity contribution in [2.24, 2.45) is 0 Å². The molecule has 0 radical (unpaired) electrons. The summed E-state index contributed by atoms with van der Waals surface area (Å²) >= 11 is 17.4. The molecule has 1 aromatic rings. The van der Waals surface area contributed by atoms with Gasteiger partial charge in [0.25, 0.3) is 0 Å². The van der Waals surface area contributed by atoms with E-state index in [-0.39, 0.29) is 13.9 Å². The van der Waals surface area contributed by atoms with Crippen molar-refractivity contribution >= 4 is 49.3 Å². The first-order valence-corrected chi connectivity index (χ1v) is 4.57. The second kappa shape index (κ2) is 3.38. The molecule has 0 aliphatic rings. The molecule has 1 rings (SSSR count). The number of halogens is 3. The minimum absolute atomic E-state index is 0.0874. The molecule has 0 saturated heterocycles. The molecule has 0 amide bonds. The van der Waals surface area contributed by atoms with Gasteiger partial charge in [0.15, 0.2) is 0 Å². The zero-order valence-corrected chi connectivity index (χ0v) is 9.15. The topological polar surface area (TPSA) is 0 Å². The molecule has 13 heavy (non-hydrogen) atoms. The Morgan fingerprint density at radius 1 is 0.923 bits per heavy atom. The summed E-state index contributed by atoms with van der Waals surface area (Å²) in [5, 5.41) is 0. The fraction of sp³-hybridized carbons (Fsp3) is 0.167. The molecule has 0 aliphatic heterocycles. The Hall–Kier alpha value is 0.150. The molecular weight excluding hydrogens is 257 g/mol. The summed E-state index contributed by atoms with van der Waals surface area (Å²) in [5.74, 6) is 0.